The van der Waals surface area contributed by atoms with Gasteiger partial charge in [-0.25, -0.2) is 5.01 Å². The first-order valence-electron chi connectivity index (χ1n) is 9.44. The summed E-state index contributed by atoms with van der Waals surface area (Å²) in [6.45, 7) is 0.986. The number of carbonyl (C=O) groups excluding carboxylic acids is 2. The summed E-state index contributed by atoms with van der Waals surface area (Å²) < 4.78 is 5.43. The Hall–Kier alpha value is -2.93. The summed E-state index contributed by atoms with van der Waals surface area (Å²) >= 11 is 0. The van der Waals surface area contributed by atoms with Crippen LogP contribution in [0, 0.1) is 0 Å². The topological polar surface area (TPSA) is 78.2 Å². The van der Waals surface area contributed by atoms with Crippen molar-refractivity contribution in [2.45, 2.75) is 25.3 Å². The third-order valence-electron chi connectivity index (χ3n) is 4.75. The van der Waals surface area contributed by atoms with Gasteiger partial charge in [-0.15, -0.1) is 0 Å². The van der Waals surface area contributed by atoms with Gasteiger partial charge in [-0.3, -0.25) is 14.5 Å². The molecule has 1 unspecified atom stereocenters. The van der Waals surface area contributed by atoms with Crippen molar-refractivity contribution in [1.29, 1.82) is 0 Å². The van der Waals surface area contributed by atoms with Crippen molar-refractivity contribution in [3.8, 4) is 0 Å². The molecule has 0 fully saturated rings. The van der Waals surface area contributed by atoms with Crippen LogP contribution in [0.2, 0.25) is 0 Å². The molecule has 1 N–H and O–H groups in total. The van der Waals surface area contributed by atoms with Gasteiger partial charge in [0.2, 0.25) is 11.8 Å². The zero-order valence-corrected chi connectivity index (χ0v) is 16.3. The van der Waals surface area contributed by atoms with E-state index >= 15 is 0 Å². The van der Waals surface area contributed by atoms with Crippen LogP contribution in [-0.2, 0) is 9.59 Å². The van der Waals surface area contributed by atoms with Crippen LogP contribution in [0.15, 0.2) is 58.2 Å². The van der Waals surface area contributed by atoms with Crippen molar-refractivity contribution >= 4 is 17.5 Å². The van der Waals surface area contributed by atoms with E-state index < -0.39 is 0 Å². The van der Waals surface area contributed by atoms with Crippen LogP contribution in [-0.4, -0.2) is 54.6 Å². The SMILES string of the molecule is CN(C)C(CNC(=O)CCC(=O)N1CCC(c2ccccc2)=N1)c1ccco1. The van der Waals surface area contributed by atoms with Crippen molar-refractivity contribution in [3.05, 3.63) is 60.1 Å². The fourth-order valence-corrected chi connectivity index (χ4v) is 3.14. The third kappa shape index (κ3) is 5.07. The first-order chi connectivity index (χ1) is 13.5. The molecule has 148 valence electrons. The Balaban J connectivity index is 1.45. The van der Waals surface area contributed by atoms with Gasteiger partial charge in [0, 0.05) is 25.8 Å². The second-order valence-corrected chi connectivity index (χ2v) is 6.98. The van der Waals surface area contributed by atoms with Crippen LogP contribution in [0.4, 0.5) is 0 Å². The van der Waals surface area contributed by atoms with E-state index in [0.717, 1.165) is 23.5 Å². The molecular weight excluding hydrogens is 356 g/mol. The molecule has 3 rings (SSSR count). The molecule has 28 heavy (non-hydrogen) atoms. The lowest BCUT2D eigenvalue weighted by molar-refractivity contribution is -0.133. The quantitative estimate of drug-likeness (QED) is 0.761. The van der Waals surface area contributed by atoms with Crippen LogP contribution >= 0.6 is 0 Å². The molecule has 2 aromatic rings. The van der Waals surface area contributed by atoms with Gasteiger partial charge in [-0.2, -0.15) is 5.10 Å². The number of hydrogen-bond acceptors (Lipinski definition) is 5. The van der Waals surface area contributed by atoms with Crippen LogP contribution < -0.4 is 5.32 Å². The molecule has 0 radical (unpaired) electrons. The van der Waals surface area contributed by atoms with E-state index in [1.54, 1.807) is 6.26 Å². The highest BCUT2D eigenvalue weighted by Crippen LogP contribution is 2.18. The lowest BCUT2D eigenvalue weighted by atomic mass is 10.1. The van der Waals surface area contributed by atoms with E-state index in [4.69, 9.17) is 4.42 Å². The Morgan fingerprint density at radius 1 is 1.18 bits per heavy atom. The Morgan fingerprint density at radius 2 is 1.96 bits per heavy atom. The van der Waals surface area contributed by atoms with Gasteiger partial charge >= 0.3 is 0 Å². The predicted molar refractivity (Wildman–Crippen MR) is 107 cm³/mol. The summed E-state index contributed by atoms with van der Waals surface area (Å²) in [6.07, 6.45) is 2.64. The Kier molecular flexibility index (Phi) is 6.60. The van der Waals surface area contributed by atoms with Gasteiger partial charge in [-0.05, 0) is 31.8 Å². The van der Waals surface area contributed by atoms with Gasteiger partial charge < -0.3 is 9.73 Å². The maximum absolute atomic E-state index is 12.4. The molecule has 1 aliphatic rings. The van der Waals surface area contributed by atoms with Gasteiger partial charge in [0.15, 0.2) is 0 Å². The summed E-state index contributed by atoms with van der Waals surface area (Å²) in [5, 5.41) is 8.78. The molecule has 1 aliphatic heterocycles. The van der Waals surface area contributed by atoms with Gasteiger partial charge in [0.1, 0.15) is 5.76 Å². The monoisotopic (exact) mass is 382 g/mol. The van der Waals surface area contributed by atoms with E-state index in [1.165, 1.54) is 5.01 Å². The smallest absolute Gasteiger partial charge is 0.243 e. The summed E-state index contributed by atoms with van der Waals surface area (Å²) in [5.41, 5.74) is 1.94. The van der Waals surface area contributed by atoms with E-state index in [1.807, 2.05) is 61.5 Å². The average Bonchev–Trinajstić information content (AvgIpc) is 3.39. The van der Waals surface area contributed by atoms with Crippen molar-refractivity contribution in [2.24, 2.45) is 5.10 Å². The first kappa shape index (κ1) is 19.8. The van der Waals surface area contributed by atoms with Gasteiger partial charge in [0.05, 0.1) is 24.6 Å². The molecule has 0 saturated carbocycles. The Labute approximate surface area is 165 Å². The molecule has 2 amide bonds. The van der Waals surface area contributed by atoms with E-state index in [0.29, 0.717) is 13.1 Å². The number of rotatable bonds is 8. The standard InChI is InChI=1S/C21H26N4O3/c1-24(2)18(19-9-6-14-28-19)15-22-20(26)10-11-21(27)25-13-12-17(23-25)16-7-4-3-5-8-16/h3-9,14,18H,10-13,15H2,1-2H3,(H,22,26). The highest BCUT2D eigenvalue weighted by atomic mass is 16.3. The number of likely N-dealkylation sites (N-methyl/N-ethyl adjacent to an activating group) is 1. The molecule has 1 atom stereocenters. The summed E-state index contributed by atoms with van der Waals surface area (Å²) in [5.74, 6) is 0.510. The minimum absolute atomic E-state index is 0.0498. The number of hydrogen-bond donors (Lipinski definition) is 1. The van der Waals surface area contributed by atoms with Crippen molar-refractivity contribution in [3.63, 3.8) is 0 Å². The maximum Gasteiger partial charge on any atom is 0.243 e. The minimum atomic E-state index is -0.154. The van der Waals surface area contributed by atoms with Gasteiger partial charge in [0.25, 0.3) is 0 Å². The Morgan fingerprint density at radius 3 is 2.64 bits per heavy atom. The largest absolute Gasteiger partial charge is 0.468 e. The summed E-state index contributed by atoms with van der Waals surface area (Å²) in [7, 11) is 3.86. The summed E-state index contributed by atoms with van der Waals surface area (Å²) in [6, 6.07) is 13.5. The lowest BCUT2D eigenvalue weighted by Crippen LogP contribution is -2.35. The number of amides is 2. The number of furan rings is 1. The molecule has 7 heteroatoms. The second kappa shape index (κ2) is 9.32. The molecule has 1 aromatic heterocycles. The van der Waals surface area contributed by atoms with E-state index in [9.17, 15) is 9.59 Å². The highest BCUT2D eigenvalue weighted by Gasteiger charge is 2.22. The van der Waals surface area contributed by atoms with Crippen molar-refractivity contribution < 1.29 is 14.0 Å². The van der Waals surface area contributed by atoms with Crippen molar-refractivity contribution in [2.75, 3.05) is 27.2 Å². The molecule has 1 aromatic carbocycles. The zero-order valence-electron chi connectivity index (χ0n) is 16.3. The lowest BCUT2D eigenvalue weighted by Gasteiger charge is -2.22. The number of nitrogens with one attached hydrogen (secondary N) is 1. The molecule has 2 heterocycles. The van der Waals surface area contributed by atoms with Crippen LogP contribution in [0.1, 0.15) is 36.6 Å². The molecule has 0 bridgehead atoms. The fourth-order valence-electron chi connectivity index (χ4n) is 3.14. The van der Waals surface area contributed by atoms with Crippen molar-refractivity contribution in [1.82, 2.24) is 15.2 Å². The number of carbonyl (C=O) groups is 2. The summed E-state index contributed by atoms with van der Waals surface area (Å²) in [4.78, 5) is 26.5. The number of benzene rings is 1. The molecule has 0 spiro atoms. The predicted octanol–water partition coefficient (Wildman–Crippen LogP) is 2.42. The molecule has 7 nitrogen and oxygen atoms in total. The fraction of sp³-hybridized carbons (Fsp3) is 0.381. The Bertz CT molecular complexity index is 815. The normalized spacial score (nSPS) is 14.8. The zero-order chi connectivity index (χ0) is 19.9. The van der Waals surface area contributed by atoms with Gasteiger partial charge in [-0.1, -0.05) is 30.3 Å². The van der Waals surface area contributed by atoms with Crippen LogP contribution in [0.5, 0.6) is 0 Å². The minimum Gasteiger partial charge on any atom is -0.468 e. The number of nitrogens with zero attached hydrogens (tertiary/aromatic N) is 3. The highest BCUT2D eigenvalue weighted by molar-refractivity contribution is 6.02. The number of hydrazone groups is 1. The van der Waals surface area contributed by atoms with E-state index in [2.05, 4.69) is 10.4 Å². The first-order valence-corrected chi connectivity index (χ1v) is 9.44. The molecule has 0 aliphatic carbocycles. The second-order valence-electron chi connectivity index (χ2n) is 6.98. The maximum atomic E-state index is 12.4. The molecular formula is C21H26N4O3. The van der Waals surface area contributed by atoms with Crippen LogP contribution in [0.25, 0.3) is 0 Å². The van der Waals surface area contributed by atoms with Crippen LogP contribution in [0.3, 0.4) is 0 Å². The third-order valence-corrected chi connectivity index (χ3v) is 4.75. The van der Waals surface area contributed by atoms with E-state index in [-0.39, 0.29) is 30.7 Å². The molecule has 0 saturated heterocycles. The average molecular weight is 382 g/mol.